The first kappa shape index (κ1) is 14.3. The molecule has 2 rings (SSSR count). The molecule has 108 valence electrons. The Morgan fingerprint density at radius 1 is 1.45 bits per heavy atom. The van der Waals surface area contributed by atoms with Crippen LogP contribution in [0, 0.1) is 6.92 Å². The molecule has 0 aromatic carbocycles. The summed E-state index contributed by atoms with van der Waals surface area (Å²) in [5.41, 5.74) is 1.90. The Morgan fingerprint density at radius 2 is 2.30 bits per heavy atom. The Kier molecular flexibility index (Phi) is 4.95. The maximum Gasteiger partial charge on any atom is 0.221 e. The quantitative estimate of drug-likeness (QED) is 0.671. The van der Waals surface area contributed by atoms with Crippen molar-refractivity contribution in [2.24, 2.45) is 0 Å². The number of furan rings is 1. The number of H-pyrrole nitrogens is 1. The Morgan fingerprint density at radius 3 is 3.00 bits per heavy atom. The predicted molar refractivity (Wildman–Crippen MR) is 76.0 cm³/mol. The number of amides is 1. The lowest BCUT2D eigenvalue weighted by Gasteiger charge is -2.05. The van der Waals surface area contributed by atoms with Gasteiger partial charge in [-0.05, 0) is 26.0 Å². The van der Waals surface area contributed by atoms with Gasteiger partial charge >= 0.3 is 0 Å². The van der Waals surface area contributed by atoms with E-state index in [1.807, 2.05) is 26.0 Å². The highest BCUT2D eigenvalue weighted by atomic mass is 16.3. The number of aromatic nitrogens is 2. The third-order valence-corrected chi connectivity index (χ3v) is 2.92. The van der Waals surface area contributed by atoms with Gasteiger partial charge in [0, 0.05) is 31.6 Å². The molecule has 0 aliphatic rings. The van der Waals surface area contributed by atoms with Gasteiger partial charge in [0.05, 0.1) is 6.20 Å². The molecule has 0 aliphatic heterocycles. The van der Waals surface area contributed by atoms with Crippen LogP contribution in [0.15, 0.2) is 22.7 Å². The van der Waals surface area contributed by atoms with Crippen molar-refractivity contribution in [2.75, 3.05) is 13.1 Å². The summed E-state index contributed by atoms with van der Waals surface area (Å²) in [7, 11) is 0. The van der Waals surface area contributed by atoms with Crippen LogP contribution in [0.4, 0.5) is 0 Å². The van der Waals surface area contributed by atoms with Gasteiger partial charge in [-0.1, -0.05) is 0 Å². The van der Waals surface area contributed by atoms with Crippen molar-refractivity contribution in [3.05, 3.63) is 29.7 Å². The highest BCUT2D eigenvalue weighted by molar-refractivity contribution is 5.75. The van der Waals surface area contributed by atoms with Gasteiger partial charge in [0.1, 0.15) is 11.5 Å². The highest BCUT2D eigenvalue weighted by Crippen LogP contribution is 2.23. The van der Waals surface area contributed by atoms with Crippen molar-refractivity contribution >= 4 is 5.91 Å². The summed E-state index contributed by atoms with van der Waals surface area (Å²) in [4.78, 5) is 11.3. The minimum atomic E-state index is 0.0640. The molecule has 0 aliphatic carbocycles. The zero-order valence-corrected chi connectivity index (χ0v) is 11.8. The van der Waals surface area contributed by atoms with Crippen LogP contribution in [0.1, 0.15) is 24.7 Å². The summed E-state index contributed by atoms with van der Waals surface area (Å²) in [6, 6.07) is 3.84. The minimum absolute atomic E-state index is 0.0640. The number of aromatic amines is 1. The zero-order chi connectivity index (χ0) is 14.4. The molecule has 1 amide bonds. The topological polar surface area (TPSA) is 83.0 Å². The number of nitrogens with one attached hydrogen (secondary N) is 3. The fraction of sp³-hybridized carbons (Fsp3) is 0.429. The first-order chi connectivity index (χ1) is 9.70. The van der Waals surface area contributed by atoms with Gasteiger partial charge in [-0.25, -0.2) is 0 Å². The average Bonchev–Trinajstić information content (AvgIpc) is 3.03. The van der Waals surface area contributed by atoms with Crippen molar-refractivity contribution in [1.29, 1.82) is 0 Å². The molecule has 0 spiro atoms. The maximum atomic E-state index is 11.3. The highest BCUT2D eigenvalue weighted by Gasteiger charge is 2.10. The molecule has 0 atom stereocenters. The van der Waals surface area contributed by atoms with Crippen LogP contribution in [0.25, 0.3) is 11.5 Å². The van der Waals surface area contributed by atoms with E-state index in [4.69, 9.17) is 4.42 Å². The van der Waals surface area contributed by atoms with Crippen molar-refractivity contribution in [2.45, 2.75) is 26.8 Å². The number of hydrogen-bond acceptors (Lipinski definition) is 4. The van der Waals surface area contributed by atoms with Crippen molar-refractivity contribution in [3.8, 4) is 11.5 Å². The van der Waals surface area contributed by atoms with Gasteiger partial charge in [-0.15, -0.1) is 0 Å². The second-order valence-electron chi connectivity index (χ2n) is 4.56. The first-order valence-corrected chi connectivity index (χ1v) is 6.77. The summed E-state index contributed by atoms with van der Waals surface area (Å²) < 4.78 is 5.58. The van der Waals surface area contributed by atoms with Crippen LogP contribution in [0.2, 0.25) is 0 Å². The van der Waals surface area contributed by atoms with E-state index < -0.39 is 0 Å². The van der Waals surface area contributed by atoms with Crippen LogP contribution >= 0.6 is 0 Å². The van der Waals surface area contributed by atoms with Crippen LogP contribution < -0.4 is 10.6 Å². The van der Waals surface area contributed by atoms with E-state index >= 15 is 0 Å². The summed E-state index contributed by atoms with van der Waals surface area (Å²) in [5.74, 6) is 1.71. The summed E-state index contributed by atoms with van der Waals surface area (Å²) >= 11 is 0. The fourth-order valence-electron chi connectivity index (χ4n) is 1.94. The van der Waals surface area contributed by atoms with Gasteiger partial charge in [-0.2, -0.15) is 5.10 Å². The standard InChI is InChI=1S/C14H20N4O2/c1-3-16-13(19)6-7-15-8-11-9-17-18-14(11)12-5-4-10(2)20-12/h4-5,9,15H,3,6-8H2,1-2H3,(H,16,19)(H,17,18). The SMILES string of the molecule is CCNC(=O)CCNCc1cn[nH]c1-c1ccc(C)o1. The fourth-order valence-corrected chi connectivity index (χ4v) is 1.94. The van der Waals surface area contributed by atoms with E-state index in [0.717, 1.165) is 22.8 Å². The molecule has 3 N–H and O–H groups in total. The maximum absolute atomic E-state index is 11.3. The Labute approximate surface area is 117 Å². The number of carbonyl (C=O) groups excluding carboxylic acids is 1. The molecule has 0 bridgehead atoms. The number of rotatable bonds is 7. The largest absolute Gasteiger partial charge is 0.460 e. The molecule has 0 unspecified atom stereocenters. The van der Waals surface area contributed by atoms with Gasteiger partial charge in [0.15, 0.2) is 5.76 Å². The molecule has 2 aromatic rings. The van der Waals surface area contributed by atoms with Crippen molar-refractivity contribution < 1.29 is 9.21 Å². The molecule has 6 nitrogen and oxygen atoms in total. The molecule has 2 aromatic heterocycles. The Bertz CT molecular complexity index is 559. The number of carbonyl (C=O) groups is 1. The van der Waals surface area contributed by atoms with E-state index in [0.29, 0.717) is 26.1 Å². The molecule has 0 saturated heterocycles. The normalized spacial score (nSPS) is 10.7. The van der Waals surface area contributed by atoms with E-state index in [1.165, 1.54) is 0 Å². The van der Waals surface area contributed by atoms with Crippen molar-refractivity contribution in [3.63, 3.8) is 0 Å². The lowest BCUT2D eigenvalue weighted by atomic mass is 10.2. The average molecular weight is 276 g/mol. The van der Waals surface area contributed by atoms with Gasteiger partial charge in [0.2, 0.25) is 5.91 Å². The Balaban J connectivity index is 1.85. The van der Waals surface area contributed by atoms with E-state index in [2.05, 4.69) is 20.8 Å². The number of nitrogens with zero attached hydrogens (tertiary/aromatic N) is 1. The second-order valence-corrected chi connectivity index (χ2v) is 4.56. The summed E-state index contributed by atoms with van der Waals surface area (Å²) in [6.07, 6.45) is 2.24. The zero-order valence-electron chi connectivity index (χ0n) is 11.8. The summed E-state index contributed by atoms with van der Waals surface area (Å²) in [5, 5.41) is 13.0. The molecule has 0 saturated carbocycles. The van der Waals surface area contributed by atoms with E-state index in [-0.39, 0.29) is 5.91 Å². The van der Waals surface area contributed by atoms with Crippen LogP contribution in [-0.2, 0) is 11.3 Å². The first-order valence-electron chi connectivity index (χ1n) is 6.77. The third-order valence-electron chi connectivity index (χ3n) is 2.92. The second kappa shape index (κ2) is 6.91. The van der Waals surface area contributed by atoms with Crippen molar-refractivity contribution in [1.82, 2.24) is 20.8 Å². The molecule has 20 heavy (non-hydrogen) atoms. The molecule has 0 fully saturated rings. The summed E-state index contributed by atoms with van der Waals surface area (Å²) in [6.45, 7) is 5.76. The predicted octanol–water partition coefficient (Wildman–Crippen LogP) is 1.59. The third kappa shape index (κ3) is 3.71. The molecule has 2 heterocycles. The van der Waals surface area contributed by atoms with E-state index in [9.17, 15) is 4.79 Å². The van der Waals surface area contributed by atoms with Gasteiger partial charge in [-0.3, -0.25) is 9.89 Å². The van der Waals surface area contributed by atoms with Gasteiger partial charge < -0.3 is 15.1 Å². The molecule has 0 radical (unpaired) electrons. The Hall–Kier alpha value is -2.08. The van der Waals surface area contributed by atoms with E-state index in [1.54, 1.807) is 6.20 Å². The van der Waals surface area contributed by atoms with Gasteiger partial charge in [0.25, 0.3) is 0 Å². The molecule has 6 heteroatoms. The number of hydrogen-bond donors (Lipinski definition) is 3. The molecular formula is C14H20N4O2. The molecular weight excluding hydrogens is 256 g/mol. The smallest absolute Gasteiger partial charge is 0.221 e. The minimum Gasteiger partial charge on any atom is -0.460 e. The lowest BCUT2D eigenvalue weighted by Crippen LogP contribution is -2.27. The lowest BCUT2D eigenvalue weighted by molar-refractivity contribution is -0.120. The monoisotopic (exact) mass is 276 g/mol. The van der Waals surface area contributed by atoms with Crippen LogP contribution in [-0.4, -0.2) is 29.2 Å². The number of aryl methyl sites for hydroxylation is 1. The van der Waals surface area contributed by atoms with Crippen LogP contribution in [0.3, 0.4) is 0 Å². The van der Waals surface area contributed by atoms with Crippen LogP contribution in [0.5, 0.6) is 0 Å².